The number of nitrogens with zero attached hydrogens (tertiary/aromatic N) is 2. The molecular formula is C39H66N2O6Si2. The van der Waals surface area contributed by atoms with E-state index in [4.69, 9.17) is 26.6 Å². The Labute approximate surface area is 301 Å². The molecule has 0 aromatic heterocycles. The zero-order valence-electron chi connectivity index (χ0n) is 32.8. The minimum atomic E-state index is -2.80. The first-order chi connectivity index (χ1) is 23.4. The molecule has 1 saturated heterocycles. The van der Waals surface area contributed by atoms with E-state index in [0.717, 1.165) is 37.8 Å². The van der Waals surface area contributed by atoms with E-state index in [0.29, 0.717) is 39.6 Å². The van der Waals surface area contributed by atoms with E-state index < -0.39 is 17.6 Å². The van der Waals surface area contributed by atoms with Crippen molar-refractivity contribution in [3.05, 3.63) is 64.3 Å². The maximum atomic E-state index is 6.29. The average molecular weight is 715 g/mol. The molecule has 2 aromatic rings. The molecule has 1 aliphatic heterocycles. The summed E-state index contributed by atoms with van der Waals surface area (Å²) in [6.07, 6.45) is 3.73. The van der Waals surface area contributed by atoms with Gasteiger partial charge in [-0.15, -0.1) is 0 Å². The van der Waals surface area contributed by atoms with Gasteiger partial charge in [-0.3, -0.25) is 0 Å². The van der Waals surface area contributed by atoms with Gasteiger partial charge < -0.3 is 36.4 Å². The zero-order chi connectivity index (χ0) is 36.2. The van der Waals surface area contributed by atoms with Gasteiger partial charge in [-0.25, -0.2) is 0 Å². The van der Waals surface area contributed by atoms with E-state index in [1.807, 2.05) is 41.5 Å². The normalized spacial score (nSPS) is 17.1. The van der Waals surface area contributed by atoms with E-state index in [1.54, 1.807) is 0 Å². The smallest absolute Gasteiger partial charge is 0.374 e. The van der Waals surface area contributed by atoms with Gasteiger partial charge in [0, 0.05) is 63.1 Å². The van der Waals surface area contributed by atoms with Gasteiger partial charge in [0.15, 0.2) is 0 Å². The molecule has 0 unspecified atom stereocenters. The van der Waals surface area contributed by atoms with Crippen LogP contribution in [0.1, 0.15) is 101 Å². The SMILES string of the molecule is CCO[Si](CCC[C@@H]1[C@H](CCC[Si](OCC)(OCC)OCC)N(c2c(C)cc(C)cc2C)[C]N1c1c(C)cc(C)cc1C)(OCC)OCC. The molecule has 8 nitrogen and oxygen atoms in total. The molecule has 0 bridgehead atoms. The monoisotopic (exact) mass is 714 g/mol. The van der Waals surface area contributed by atoms with Crippen LogP contribution < -0.4 is 9.80 Å². The van der Waals surface area contributed by atoms with Crippen molar-refractivity contribution in [2.24, 2.45) is 0 Å². The van der Waals surface area contributed by atoms with E-state index in [9.17, 15) is 0 Å². The first kappa shape index (κ1) is 41.7. The predicted octanol–water partition coefficient (Wildman–Crippen LogP) is 9.25. The standard InChI is InChI=1S/C39H66N2O6Si2/c1-13-42-48(43-14-2,44-15-3)23-19-21-36-37(22-20-24-49(45-16-4,46-17-5)47-18-6)41(39-34(11)27-31(8)28-35(39)12)29-40(36)38-32(9)25-30(7)26-33(38)10/h25-28,36-37H,13-24H2,1-12H3/t36-,37+. The molecule has 2 atom stereocenters. The number of hydrogen-bond acceptors (Lipinski definition) is 8. The van der Waals surface area contributed by atoms with Gasteiger partial charge in [-0.2, -0.15) is 0 Å². The molecule has 0 N–H and O–H groups in total. The third-order valence-corrected chi connectivity index (χ3v) is 15.5. The van der Waals surface area contributed by atoms with E-state index in [2.05, 4.69) is 82.3 Å². The Kier molecular flexibility index (Phi) is 16.8. The van der Waals surface area contributed by atoms with Crippen molar-refractivity contribution in [2.75, 3.05) is 49.4 Å². The van der Waals surface area contributed by atoms with Crippen LogP contribution in [0, 0.1) is 48.2 Å². The van der Waals surface area contributed by atoms with E-state index >= 15 is 0 Å². The minimum Gasteiger partial charge on any atom is -0.374 e. The topological polar surface area (TPSA) is 61.9 Å². The van der Waals surface area contributed by atoms with Crippen molar-refractivity contribution >= 4 is 29.0 Å². The van der Waals surface area contributed by atoms with Crippen LogP contribution in [-0.4, -0.2) is 69.3 Å². The van der Waals surface area contributed by atoms with Crippen molar-refractivity contribution in [3.8, 4) is 0 Å². The van der Waals surface area contributed by atoms with Crippen molar-refractivity contribution in [3.63, 3.8) is 0 Å². The maximum absolute atomic E-state index is 6.29. The second kappa shape index (κ2) is 19.7. The van der Waals surface area contributed by atoms with Crippen LogP contribution in [0.15, 0.2) is 24.3 Å². The van der Waals surface area contributed by atoms with E-state index in [-0.39, 0.29) is 12.1 Å². The Hall–Kier alpha value is -1.77. The molecule has 0 aliphatic carbocycles. The molecule has 2 aromatic carbocycles. The number of rotatable bonds is 22. The summed E-state index contributed by atoms with van der Waals surface area (Å²) in [6.45, 7) is 32.9. The van der Waals surface area contributed by atoms with Crippen LogP contribution >= 0.6 is 0 Å². The summed E-state index contributed by atoms with van der Waals surface area (Å²) in [5.74, 6) is 0. The fourth-order valence-corrected chi connectivity index (χ4v) is 13.1. The Balaban J connectivity index is 2.11. The maximum Gasteiger partial charge on any atom is 0.500 e. The first-order valence-electron chi connectivity index (χ1n) is 18.8. The molecule has 1 fully saturated rings. The van der Waals surface area contributed by atoms with E-state index in [1.165, 1.54) is 44.8 Å². The van der Waals surface area contributed by atoms with Crippen LogP contribution in [0.5, 0.6) is 0 Å². The van der Waals surface area contributed by atoms with Gasteiger partial charge in [0.25, 0.3) is 0 Å². The summed E-state index contributed by atoms with van der Waals surface area (Å²) in [5, 5.41) is 0. The molecular weight excluding hydrogens is 649 g/mol. The van der Waals surface area contributed by atoms with Crippen molar-refractivity contribution in [1.82, 2.24) is 0 Å². The third kappa shape index (κ3) is 10.6. The van der Waals surface area contributed by atoms with Gasteiger partial charge >= 0.3 is 17.6 Å². The summed E-state index contributed by atoms with van der Waals surface area (Å²) in [5.41, 5.74) is 10.1. The second-order valence-corrected chi connectivity index (χ2v) is 18.7. The quantitative estimate of drug-likeness (QED) is 0.112. The lowest BCUT2D eigenvalue weighted by molar-refractivity contribution is 0.0694. The molecule has 276 valence electrons. The highest BCUT2D eigenvalue weighted by Crippen LogP contribution is 2.43. The highest BCUT2D eigenvalue weighted by Gasteiger charge is 2.46. The van der Waals surface area contributed by atoms with Gasteiger partial charge in [-0.05, 0) is 131 Å². The van der Waals surface area contributed by atoms with Crippen LogP contribution in [0.2, 0.25) is 12.1 Å². The Bertz CT molecular complexity index is 1130. The molecule has 2 radical (unpaired) electrons. The molecule has 0 amide bonds. The lowest BCUT2D eigenvalue weighted by atomic mass is 9.95. The minimum absolute atomic E-state index is 0.166. The molecule has 1 aliphatic rings. The predicted molar refractivity (Wildman–Crippen MR) is 206 cm³/mol. The van der Waals surface area contributed by atoms with Crippen molar-refractivity contribution in [2.45, 2.75) is 133 Å². The summed E-state index contributed by atoms with van der Waals surface area (Å²) in [7, 11) is -5.60. The van der Waals surface area contributed by atoms with Gasteiger partial charge in [0.1, 0.15) is 0 Å². The molecule has 0 saturated carbocycles. The number of benzene rings is 2. The second-order valence-electron chi connectivity index (χ2n) is 13.2. The highest BCUT2D eigenvalue weighted by molar-refractivity contribution is 6.61. The lowest BCUT2D eigenvalue weighted by Crippen LogP contribution is -2.47. The fourth-order valence-electron chi connectivity index (χ4n) is 7.85. The summed E-state index contributed by atoms with van der Waals surface area (Å²) >= 11 is 0. The van der Waals surface area contributed by atoms with Crippen LogP contribution in [-0.2, 0) is 26.6 Å². The number of hydrogen-bond donors (Lipinski definition) is 0. The first-order valence-corrected chi connectivity index (χ1v) is 22.6. The molecule has 49 heavy (non-hydrogen) atoms. The van der Waals surface area contributed by atoms with Crippen molar-refractivity contribution < 1.29 is 26.6 Å². The van der Waals surface area contributed by atoms with Gasteiger partial charge in [0.2, 0.25) is 6.67 Å². The highest BCUT2D eigenvalue weighted by atomic mass is 28.4. The summed E-state index contributed by atoms with van der Waals surface area (Å²) in [4.78, 5) is 4.91. The summed E-state index contributed by atoms with van der Waals surface area (Å²) in [6, 6.07) is 11.1. The average Bonchev–Trinajstić information content (AvgIpc) is 3.34. The molecule has 10 heteroatoms. The molecule has 1 heterocycles. The largest absolute Gasteiger partial charge is 0.500 e. The fraction of sp³-hybridized carbons (Fsp3) is 0.667. The Morgan fingerprint density at radius 3 is 1.00 bits per heavy atom. The van der Waals surface area contributed by atoms with Crippen LogP contribution in [0.4, 0.5) is 11.4 Å². The Morgan fingerprint density at radius 1 is 0.490 bits per heavy atom. The van der Waals surface area contributed by atoms with Gasteiger partial charge in [0.05, 0.1) is 12.1 Å². The van der Waals surface area contributed by atoms with Crippen molar-refractivity contribution in [1.29, 1.82) is 0 Å². The number of anilines is 2. The van der Waals surface area contributed by atoms with Crippen LogP contribution in [0.3, 0.4) is 0 Å². The van der Waals surface area contributed by atoms with Gasteiger partial charge in [-0.1, -0.05) is 35.4 Å². The van der Waals surface area contributed by atoms with Crippen LogP contribution in [0.25, 0.3) is 0 Å². The number of aryl methyl sites for hydroxylation is 6. The molecule has 3 rings (SSSR count). The molecule has 0 spiro atoms. The lowest BCUT2D eigenvalue weighted by Gasteiger charge is -2.34. The zero-order valence-corrected chi connectivity index (χ0v) is 34.8. The third-order valence-electron chi connectivity index (χ3n) is 9.23. The Morgan fingerprint density at radius 2 is 0.755 bits per heavy atom. The summed E-state index contributed by atoms with van der Waals surface area (Å²) < 4.78 is 37.7.